The first kappa shape index (κ1) is 23.9. The lowest BCUT2D eigenvalue weighted by Crippen LogP contribution is -2.58. The second-order valence-corrected chi connectivity index (χ2v) is 10.1. The van der Waals surface area contributed by atoms with Crippen molar-refractivity contribution in [1.82, 2.24) is 0 Å². The van der Waals surface area contributed by atoms with E-state index in [2.05, 4.69) is 0 Å². The molecule has 0 aliphatic carbocycles. The largest absolute Gasteiger partial charge is 0.374 e. The molecule has 2 aromatic carbocycles. The fourth-order valence-corrected chi connectivity index (χ4v) is 4.91. The minimum atomic E-state index is -0.961. The lowest BCUT2D eigenvalue weighted by molar-refractivity contribution is -0.265. The molecule has 2 aromatic rings. The van der Waals surface area contributed by atoms with Gasteiger partial charge >= 0.3 is 0 Å². The van der Waals surface area contributed by atoms with Crippen LogP contribution in [0.2, 0.25) is 0 Å². The third-order valence-corrected chi connectivity index (χ3v) is 6.46. The maximum absolute atomic E-state index is 6.72. The van der Waals surface area contributed by atoms with Gasteiger partial charge in [0.05, 0.1) is 26.4 Å². The maximum atomic E-state index is 6.72. The van der Waals surface area contributed by atoms with Crippen LogP contribution in [0.4, 0.5) is 0 Å². The third-order valence-electron chi connectivity index (χ3n) is 6.46. The van der Waals surface area contributed by atoms with Crippen molar-refractivity contribution in [2.45, 2.75) is 82.7 Å². The summed E-state index contributed by atoms with van der Waals surface area (Å²) in [4.78, 5) is 0. The summed E-state index contributed by atoms with van der Waals surface area (Å²) in [6.07, 6.45) is -1.94. The molecule has 5 rings (SSSR count). The highest BCUT2D eigenvalue weighted by Gasteiger charge is 2.67. The molecule has 3 heterocycles. The van der Waals surface area contributed by atoms with Crippen LogP contribution in [0.15, 0.2) is 60.7 Å². The van der Waals surface area contributed by atoms with Crippen molar-refractivity contribution in [3.63, 3.8) is 0 Å². The van der Waals surface area contributed by atoms with Crippen LogP contribution in [0.3, 0.4) is 0 Å². The van der Waals surface area contributed by atoms with E-state index < -0.39 is 35.7 Å². The molecule has 0 amide bonds. The average molecular weight is 471 g/mol. The Morgan fingerprint density at radius 2 is 1.41 bits per heavy atom. The summed E-state index contributed by atoms with van der Waals surface area (Å²) < 4.78 is 44.0. The standard InChI is InChI=1S/C27H34O7/c1-25(2)29-17-21(32-25)22-27(30-16-20-13-9-6-10-14-20,18-28-15-19-11-7-5-8-12-19)23-24(31-22)34-26(3,4)33-23/h5-14,21-24H,15-18H2,1-4H3/t21-,22-,23+,24-,27+/m1/s1. The van der Waals surface area contributed by atoms with Gasteiger partial charge in [0, 0.05) is 0 Å². The summed E-state index contributed by atoms with van der Waals surface area (Å²) in [5.41, 5.74) is 1.17. The maximum Gasteiger partial charge on any atom is 0.190 e. The Labute approximate surface area is 201 Å². The minimum Gasteiger partial charge on any atom is -0.374 e. The van der Waals surface area contributed by atoms with Crippen LogP contribution in [0.25, 0.3) is 0 Å². The van der Waals surface area contributed by atoms with E-state index in [0.29, 0.717) is 19.8 Å². The smallest absolute Gasteiger partial charge is 0.190 e. The van der Waals surface area contributed by atoms with Crippen molar-refractivity contribution in [3.8, 4) is 0 Å². The Balaban J connectivity index is 1.44. The predicted octanol–water partition coefficient (Wildman–Crippen LogP) is 4.19. The molecule has 34 heavy (non-hydrogen) atoms. The van der Waals surface area contributed by atoms with Gasteiger partial charge in [0.2, 0.25) is 0 Å². The van der Waals surface area contributed by atoms with E-state index in [1.165, 1.54) is 0 Å². The van der Waals surface area contributed by atoms with Crippen LogP contribution in [-0.4, -0.2) is 55.0 Å². The molecule has 3 aliphatic rings. The van der Waals surface area contributed by atoms with E-state index in [4.69, 9.17) is 33.2 Å². The normalized spacial score (nSPS) is 33.8. The summed E-state index contributed by atoms with van der Waals surface area (Å²) in [7, 11) is 0. The molecule has 0 saturated carbocycles. The van der Waals surface area contributed by atoms with E-state index in [0.717, 1.165) is 11.1 Å². The van der Waals surface area contributed by atoms with Crippen LogP contribution >= 0.6 is 0 Å². The van der Waals surface area contributed by atoms with Gasteiger partial charge in [0.25, 0.3) is 0 Å². The van der Waals surface area contributed by atoms with Gasteiger partial charge in [-0.3, -0.25) is 0 Å². The van der Waals surface area contributed by atoms with Crippen LogP contribution in [0.5, 0.6) is 0 Å². The number of fused-ring (bicyclic) bond motifs is 1. The fraction of sp³-hybridized carbons (Fsp3) is 0.556. The first-order valence-electron chi connectivity index (χ1n) is 11.9. The topological polar surface area (TPSA) is 64.6 Å². The van der Waals surface area contributed by atoms with Crippen LogP contribution in [0, 0.1) is 0 Å². The highest BCUT2D eigenvalue weighted by Crippen LogP contribution is 2.48. The number of hydrogen-bond acceptors (Lipinski definition) is 7. The lowest BCUT2D eigenvalue weighted by Gasteiger charge is -2.39. The van der Waals surface area contributed by atoms with Gasteiger partial charge in [-0.05, 0) is 38.8 Å². The second kappa shape index (κ2) is 9.32. The summed E-state index contributed by atoms with van der Waals surface area (Å²) >= 11 is 0. The Morgan fingerprint density at radius 1 is 0.765 bits per heavy atom. The van der Waals surface area contributed by atoms with Crippen LogP contribution in [0.1, 0.15) is 38.8 Å². The molecule has 184 valence electrons. The minimum absolute atomic E-state index is 0.250. The molecule has 0 unspecified atom stereocenters. The molecule has 0 N–H and O–H groups in total. The van der Waals surface area contributed by atoms with Gasteiger partial charge in [-0.15, -0.1) is 0 Å². The SMILES string of the molecule is CC1(C)OC[C@H]([C@H]2O[C@@H]3OC(C)(C)O[C@@H]3[C@@]2(COCc2ccccc2)OCc2ccccc2)O1. The quantitative estimate of drug-likeness (QED) is 0.573. The Morgan fingerprint density at radius 3 is 2.03 bits per heavy atom. The van der Waals surface area contributed by atoms with Gasteiger partial charge in [0.15, 0.2) is 23.5 Å². The third kappa shape index (κ3) is 4.93. The molecular weight excluding hydrogens is 436 g/mol. The highest BCUT2D eigenvalue weighted by molar-refractivity contribution is 5.16. The molecule has 3 fully saturated rings. The molecule has 5 atom stereocenters. The molecule has 7 heteroatoms. The van der Waals surface area contributed by atoms with Gasteiger partial charge in [-0.1, -0.05) is 60.7 Å². The highest BCUT2D eigenvalue weighted by atomic mass is 16.9. The molecule has 3 aliphatic heterocycles. The molecule has 3 saturated heterocycles. The summed E-state index contributed by atoms with van der Waals surface area (Å²) in [5, 5.41) is 0. The van der Waals surface area contributed by atoms with Crippen molar-refractivity contribution in [2.75, 3.05) is 13.2 Å². The molecule has 0 aromatic heterocycles. The number of rotatable bonds is 8. The van der Waals surface area contributed by atoms with E-state index in [1.54, 1.807) is 0 Å². The Hall–Kier alpha value is -1.84. The van der Waals surface area contributed by atoms with Crippen LogP contribution in [-0.2, 0) is 46.4 Å². The summed E-state index contributed by atoms with van der Waals surface area (Å²) in [6.45, 7) is 9.02. The van der Waals surface area contributed by atoms with E-state index >= 15 is 0 Å². The fourth-order valence-electron chi connectivity index (χ4n) is 4.91. The molecule has 7 nitrogen and oxygen atoms in total. The van der Waals surface area contributed by atoms with Gasteiger partial charge in [-0.25, -0.2) is 0 Å². The van der Waals surface area contributed by atoms with Gasteiger partial charge in [0.1, 0.15) is 18.3 Å². The number of hydrogen-bond donors (Lipinski definition) is 0. The van der Waals surface area contributed by atoms with Crippen molar-refractivity contribution < 1.29 is 33.2 Å². The van der Waals surface area contributed by atoms with Crippen molar-refractivity contribution in [2.24, 2.45) is 0 Å². The van der Waals surface area contributed by atoms with Gasteiger partial charge in [-0.2, -0.15) is 0 Å². The Kier molecular flexibility index (Phi) is 6.54. The zero-order chi connectivity index (χ0) is 23.8. The van der Waals surface area contributed by atoms with E-state index in [-0.39, 0.29) is 12.7 Å². The second-order valence-electron chi connectivity index (χ2n) is 10.1. The van der Waals surface area contributed by atoms with Crippen molar-refractivity contribution in [3.05, 3.63) is 71.8 Å². The van der Waals surface area contributed by atoms with E-state index in [9.17, 15) is 0 Å². The molecule has 0 spiro atoms. The molecular formula is C27H34O7. The van der Waals surface area contributed by atoms with Crippen LogP contribution < -0.4 is 0 Å². The lowest BCUT2D eigenvalue weighted by atomic mass is 9.89. The van der Waals surface area contributed by atoms with Gasteiger partial charge < -0.3 is 33.2 Å². The first-order chi connectivity index (χ1) is 16.3. The zero-order valence-corrected chi connectivity index (χ0v) is 20.3. The number of ether oxygens (including phenoxy) is 7. The first-order valence-corrected chi connectivity index (χ1v) is 11.9. The van der Waals surface area contributed by atoms with Crippen molar-refractivity contribution >= 4 is 0 Å². The molecule has 0 radical (unpaired) electrons. The summed E-state index contributed by atoms with van der Waals surface area (Å²) in [5.74, 6) is -1.50. The van der Waals surface area contributed by atoms with E-state index in [1.807, 2.05) is 88.4 Å². The zero-order valence-electron chi connectivity index (χ0n) is 20.3. The Bertz CT molecular complexity index is 948. The molecule has 0 bridgehead atoms. The monoisotopic (exact) mass is 470 g/mol. The predicted molar refractivity (Wildman–Crippen MR) is 124 cm³/mol. The van der Waals surface area contributed by atoms with Crippen molar-refractivity contribution in [1.29, 1.82) is 0 Å². The number of benzene rings is 2. The summed E-state index contributed by atoms with van der Waals surface area (Å²) in [6, 6.07) is 20.1. The average Bonchev–Trinajstić information content (AvgIpc) is 3.42.